The molecule has 5 nitrogen and oxygen atoms in total. The minimum Gasteiger partial charge on any atom is -0.357 e. The Morgan fingerprint density at radius 2 is 1.77 bits per heavy atom. The van der Waals surface area contributed by atoms with Crippen molar-refractivity contribution in [3.05, 3.63) is 46.8 Å². The van der Waals surface area contributed by atoms with Gasteiger partial charge in [-0.1, -0.05) is 6.07 Å². The molecule has 1 aromatic heterocycles. The summed E-state index contributed by atoms with van der Waals surface area (Å²) in [5, 5.41) is 10.3. The van der Waals surface area contributed by atoms with E-state index in [1.807, 2.05) is 26.8 Å². The van der Waals surface area contributed by atoms with Crippen molar-refractivity contribution in [3.63, 3.8) is 0 Å². The van der Waals surface area contributed by atoms with Gasteiger partial charge in [0.05, 0.1) is 23.5 Å². The molecule has 0 aliphatic carbocycles. The van der Waals surface area contributed by atoms with Crippen LogP contribution in [0.25, 0.3) is 5.69 Å². The van der Waals surface area contributed by atoms with Gasteiger partial charge in [0.15, 0.2) is 5.96 Å². The molecule has 0 aliphatic heterocycles. The molecule has 1 aromatic carbocycles. The second-order valence-corrected chi connectivity index (χ2v) is 5.90. The third-order valence-electron chi connectivity index (χ3n) is 3.75. The molecular formula is C18H24F3N5. The molecule has 0 saturated carbocycles. The van der Waals surface area contributed by atoms with Crippen LogP contribution in [-0.2, 0) is 12.7 Å². The highest BCUT2D eigenvalue weighted by molar-refractivity contribution is 5.79. The van der Waals surface area contributed by atoms with Crippen LogP contribution >= 0.6 is 0 Å². The van der Waals surface area contributed by atoms with Crippen LogP contribution in [0.3, 0.4) is 0 Å². The first-order valence-electron chi connectivity index (χ1n) is 8.52. The molecular weight excluding hydrogens is 343 g/mol. The SMILES string of the molecule is CCNC(=NCc1ccc(-n2nc(C)cc2C)cc1C(F)(F)F)NCC. The summed E-state index contributed by atoms with van der Waals surface area (Å²) >= 11 is 0. The Morgan fingerprint density at radius 1 is 1.12 bits per heavy atom. The monoisotopic (exact) mass is 367 g/mol. The fourth-order valence-corrected chi connectivity index (χ4v) is 2.66. The highest BCUT2D eigenvalue weighted by atomic mass is 19.4. The number of rotatable bonds is 5. The summed E-state index contributed by atoms with van der Waals surface area (Å²) in [5.41, 5.74) is 1.35. The van der Waals surface area contributed by atoms with E-state index < -0.39 is 11.7 Å². The molecule has 2 N–H and O–H groups in total. The van der Waals surface area contributed by atoms with E-state index in [0.717, 1.165) is 17.5 Å². The van der Waals surface area contributed by atoms with Crippen molar-refractivity contribution in [3.8, 4) is 5.69 Å². The molecule has 0 radical (unpaired) electrons. The lowest BCUT2D eigenvalue weighted by Gasteiger charge is -2.15. The number of benzene rings is 1. The average molecular weight is 367 g/mol. The Labute approximate surface area is 151 Å². The van der Waals surface area contributed by atoms with E-state index in [1.54, 1.807) is 13.0 Å². The Bertz CT molecular complexity index is 770. The number of alkyl halides is 3. The largest absolute Gasteiger partial charge is 0.416 e. The van der Waals surface area contributed by atoms with E-state index in [0.29, 0.717) is 24.7 Å². The van der Waals surface area contributed by atoms with Gasteiger partial charge in [-0.15, -0.1) is 0 Å². The highest BCUT2D eigenvalue weighted by Gasteiger charge is 2.33. The summed E-state index contributed by atoms with van der Waals surface area (Å²) in [5.74, 6) is 0.491. The number of halogens is 3. The fourth-order valence-electron chi connectivity index (χ4n) is 2.66. The van der Waals surface area contributed by atoms with Gasteiger partial charge < -0.3 is 10.6 Å². The van der Waals surface area contributed by atoms with E-state index in [-0.39, 0.29) is 12.1 Å². The Morgan fingerprint density at radius 3 is 2.27 bits per heavy atom. The minimum absolute atomic E-state index is 0.0679. The highest BCUT2D eigenvalue weighted by Crippen LogP contribution is 2.34. The molecule has 8 heteroatoms. The van der Waals surface area contributed by atoms with E-state index in [1.165, 1.54) is 10.7 Å². The number of nitrogens with one attached hydrogen (secondary N) is 2. The molecule has 26 heavy (non-hydrogen) atoms. The van der Waals surface area contributed by atoms with Crippen LogP contribution in [0.2, 0.25) is 0 Å². The zero-order chi connectivity index (χ0) is 19.3. The van der Waals surface area contributed by atoms with Crippen molar-refractivity contribution in [2.75, 3.05) is 13.1 Å². The zero-order valence-corrected chi connectivity index (χ0v) is 15.4. The number of aromatic nitrogens is 2. The average Bonchev–Trinajstić information content (AvgIpc) is 2.90. The predicted molar refractivity (Wildman–Crippen MR) is 96.5 cm³/mol. The second kappa shape index (κ2) is 8.25. The van der Waals surface area contributed by atoms with E-state index in [2.05, 4.69) is 20.7 Å². The van der Waals surface area contributed by atoms with Crippen molar-refractivity contribution >= 4 is 5.96 Å². The van der Waals surface area contributed by atoms with Crippen LogP contribution in [0.5, 0.6) is 0 Å². The zero-order valence-electron chi connectivity index (χ0n) is 15.4. The van der Waals surface area contributed by atoms with E-state index in [9.17, 15) is 13.2 Å². The Hall–Kier alpha value is -2.51. The van der Waals surface area contributed by atoms with Gasteiger partial charge in [0.2, 0.25) is 0 Å². The van der Waals surface area contributed by atoms with Gasteiger partial charge >= 0.3 is 6.18 Å². The van der Waals surface area contributed by atoms with Crippen LogP contribution in [-0.4, -0.2) is 28.8 Å². The third kappa shape index (κ3) is 4.77. The third-order valence-corrected chi connectivity index (χ3v) is 3.75. The van der Waals surface area contributed by atoms with Crippen LogP contribution in [0.15, 0.2) is 29.3 Å². The molecule has 0 spiro atoms. The lowest BCUT2D eigenvalue weighted by molar-refractivity contribution is -0.138. The number of hydrogen-bond donors (Lipinski definition) is 2. The Balaban J connectivity index is 2.41. The summed E-state index contributed by atoms with van der Waals surface area (Å²) in [6.45, 7) is 8.62. The fraction of sp³-hybridized carbons (Fsp3) is 0.444. The number of aliphatic imine (C=N–C) groups is 1. The van der Waals surface area contributed by atoms with Gasteiger partial charge in [0.25, 0.3) is 0 Å². The lowest BCUT2D eigenvalue weighted by atomic mass is 10.1. The van der Waals surface area contributed by atoms with Gasteiger partial charge in [0, 0.05) is 18.8 Å². The maximum Gasteiger partial charge on any atom is 0.416 e. The van der Waals surface area contributed by atoms with Crippen molar-refractivity contribution in [1.82, 2.24) is 20.4 Å². The Kier molecular flexibility index (Phi) is 6.28. The lowest BCUT2D eigenvalue weighted by Crippen LogP contribution is -2.37. The summed E-state index contributed by atoms with van der Waals surface area (Å²) in [6, 6.07) is 6.06. The molecule has 2 rings (SSSR count). The van der Waals surface area contributed by atoms with Crippen LogP contribution in [0, 0.1) is 13.8 Å². The van der Waals surface area contributed by atoms with Gasteiger partial charge in [0.1, 0.15) is 0 Å². The molecule has 2 aromatic rings. The number of aryl methyl sites for hydroxylation is 2. The summed E-state index contributed by atoms with van der Waals surface area (Å²) in [6.07, 6.45) is -4.46. The number of guanidine groups is 1. The smallest absolute Gasteiger partial charge is 0.357 e. The molecule has 0 fully saturated rings. The molecule has 0 amide bonds. The first-order chi connectivity index (χ1) is 12.3. The van der Waals surface area contributed by atoms with Crippen LogP contribution < -0.4 is 10.6 Å². The van der Waals surface area contributed by atoms with Gasteiger partial charge in [-0.25, -0.2) is 9.67 Å². The summed E-state index contributed by atoms with van der Waals surface area (Å²) in [4.78, 5) is 4.24. The van der Waals surface area contributed by atoms with E-state index >= 15 is 0 Å². The minimum atomic E-state index is -4.46. The van der Waals surface area contributed by atoms with Crippen molar-refractivity contribution < 1.29 is 13.2 Å². The summed E-state index contributed by atoms with van der Waals surface area (Å²) in [7, 11) is 0. The predicted octanol–water partition coefficient (Wildman–Crippen LogP) is 3.58. The normalized spacial score (nSPS) is 11.3. The number of hydrogen-bond acceptors (Lipinski definition) is 2. The van der Waals surface area contributed by atoms with Crippen molar-refractivity contribution in [2.45, 2.75) is 40.4 Å². The maximum atomic E-state index is 13.6. The van der Waals surface area contributed by atoms with Crippen LogP contribution in [0.1, 0.15) is 36.4 Å². The van der Waals surface area contributed by atoms with Gasteiger partial charge in [-0.3, -0.25) is 0 Å². The first kappa shape index (κ1) is 19.8. The summed E-state index contributed by atoms with van der Waals surface area (Å²) < 4.78 is 42.2. The standard InChI is InChI=1S/C18H24F3N5/c1-5-22-17(23-6-2)24-11-14-7-8-15(10-16(14)18(19,20)21)26-13(4)9-12(3)25-26/h7-10H,5-6,11H2,1-4H3,(H2,22,23,24). The first-order valence-corrected chi connectivity index (χ1v) is 8.52. The van der Waals surface area contributed by atoms with Gasteiger partial charge in [-0.2, -0.15) is 18.3 Å². The topological polar surface area (TPSA) is 54.2 Å². The molecule has 142 valence electrons. The maximum absolute atomic E-state index is 13.6. The van der Waals surface area contributed by atoms with Crippen molar-refractivity contribution in [2.24, 2.45) is 4.99 Å². The molecule has 0 bridgehead atoms. The quantitative estimate of drug-likeness (QED) is 0.627. The van der Waals surface area contributed by atoms with Crippen LogP contribution in [0.4, 0.5) is 13.2 Å². The van der Waals surface area contributed by atoms with Crippen molar-refractivity contribution in [1.29, 1.82) is 0 Å². The van der Waals surface area contributed by atoms with E-state index in [4.69, 9.17) is 0 Å². The van der Waals surface area contributed by atoms with Gasteiger partial charge in [-0.05, 0) is 51.5 Å². The molecule has 1 heterocycles. The molecule has 0 unspecified atom stereocenters. The molecule has 0 atom stereocenters. The second-order valence-electron chi connectivity index (χ2n) is 5.90. The number of nitrogens with zero attached hydrogens (tertiary/aromatic N) is 3. The molecule has 0 saturated heterocycles. The molecule has 0 aliphatic rings.